The lowest BCUT2D eigenvalue weighted by molar-refractivity contribution is -0.382. The molecule has 0 amide bonds. The number of aromatic nitrogens is 1. The SMILES string of the molecule is Nc1c(Br)cc2c(N)nc(Cl)cc2c1[N+](=O)[O-]. The number of hydrogen-bond donors (Lipinski definition) is 2. The molecule has 17 heavy (non-hydrogen) atoms. The minimum atomic E-state index is -0.571. The quantitative estimate of drug-likeness (QED) is 0.364. The highest BCUT2D eigenvalue weighted by molar-refractivity contribution is 9.10. The van der Waals surface area contributed by atoms with Gasteiger partial charge in [0.25, 0.3) is 0 Å². The van der Waals surface area contributed by atoms with Gasteiger partial charge in [-0.2, -0.15) is 0 Å². The summed E-state index contributed by atoms with van der Waals surface area (Å²) in [5, 5.41) is 11.8. The fraction of sp³-hybridized carbons (Fsp3) is 0. The lowest BCUT2D eigenvalue weighted by Crippen LogP contribution is -2.00. The molecule has 88 valence electrons. The third-order valence-corrected chi connectivity index (χ3v) is 3.13. The fourth-order valence-corrected chi connectivity index (χ4v) is 2.17. The molecule has 0 fully saturated rings. The molecular weight excluding hydrogens is 311 g/mol. The first-order valence-electron chi connectivity index (χ1n) is 4.40. The summed E-state index contributed by atoms with van der Waals surface area (Å²) in [5.74, 6) is 0.122. The Morgan fingerprint density at radius 2 is 2.00 bits per heavy atom. The van der Waals surface area contributed by atoms with E-state index in [1.165, 1.54) is 6.07 Å². The molecule has 0 atom stereocenters. The van der Waals surface area contributed by atoms with Crippen molar-refractivity contribution < 1.29 is 4.92 Å². The number of nitrogens with zero attached hydrogens (tertiary/aromatic N) is 2. The van der Waals surface area contributed by atoms with Crippen LogP contribution in [0.3, 0.4) is 0 Å². The van der Waals surface area contributed by atoms with E-state index in [2.05, 4.69) is 20.9 Å². The Balaban J connectivity index is 3.03. The van der Waals surface area contributed by atoms with E-state index in [4.69, 9.17) is 23.1 Å². The van der Waals surface area contributed by atoms with Crippen LogP contribution in [0.1, 0.15) is 0 Å². The first-order chi connectivity index (χ1) is 7.91. The summed E-state index contributed by atoms with van der Waals surface area (Å²) in [6.45, 7) is 0. The number of benzene rings is 1. The Labute approximate surface area is 109 Å². The molecule has 8 heteroatoms. The van der Waals surface area contributed by atoms with Crippen molar-refractivity contribution in [2.75, 3.05) is 11.5 Å². The molecule has 2 aromatic rings. The van der Waals surface area contributed by atoms with Gasteiger partial charge >= 0.3 is 5.69 Å². The summed E-state index contributed by atoms with van der Waals surface area (Å²) in [6.07, 6.45) is 0. The number of pyridine rings is 1. The highest BCUT2D eigenvalue weighted by Crippen LogP contribution is 2.39. The van der Waals surface area contributed by atoms with Gasteiger partial charge in [0.1, 0.15) is 16.7 Å². The van der Waals surface area contributed by atoms with Crippen LogP contribution in [0.2, 0.25) is 5.15 Å². The number of fused-ring (bicyclic) bond motifs is 1. The van der Waals surface area contributed by atoms with Crippen molar-refractivity contribution in [3.05, 3.63) is 31.9 Å². The van der Waals surface area contributed by atoms with Crippen LogP contribution in [0, 0.1) is 10.1 Å². The predicted molar refractivity (Wildman–Crippen MR) is 69.9 cm³/mol. The van der Waals surface area contributed by atoms with Gasteiger partial charge in [0.05, 0.1) is 10.3 Å². The summed E-state index contributed by atoms with van der Waals surface area (Å²) in [4.78, 5) is 14.3. The van der Waals surface area contributed by atoms with E-state index in [1.54, 1.807) is 6.07 Å². The van der Waals surface area contributed by atoms with Crippen molar-refractivity contribution in [2.45, 2.75) is 0 Å². The monoisotopic (exact) mass is 316 g/mol. The zero-order chi connectivity index (χ0) is 12.7. The molecule has 1 aromatic carbocycles. The highest BCUT2D eigenvalue weighted by Gasteiger charge is 2.21. The lowest BCUT2D eigenvalue weighted by atomic mass is 10.1. The second kappa shape index (κ2) is 4.01. The molecule has 2 rings (SSSR count). The smallest absolute Gasteiger partial charge is 0.301 e. The van der Waals surface area contributed by atoms with E-state index in [-0.39, 0.29) is 27.7 Å². The fourth-order valence-electron chi connectivity index (χ4n) is 1.55. The van der Waals surface area contributed by atoms with Gasteiger partial charge in [-0.3, -0.25) is 10.1 Å². The van der Waals surface area contributed by atoms with Crippen LogP contribution in [0.15, 0.2) is 16.6 Å². The zero-order valence-electron chi connectivity index (χ0n) is 8.28. The van der Waals surface area contributed by atoms with Gasteiger partial charge in [0.2, 0.25) is 0 Å². The average Bonchev–Trinajstić information content (AvgIpc) is 2.20. The average molecular weight is 318 g/mol. The molecule has 1 heterocycles. The Morgan fingerprint density at radius 1 is 1.35 bits per heavy atom. The zero-order valence-corrected chi connectivity index (χ0v) is 10.6. The van der Waals surface area contributed by atoms with E-state index in [0.29, 0.717) is 9.86 Å². The van der Waals surface area contributed by atoms with Gasteiger partial charge in [0, 0.05) is 9.86 Å². The van der Waals surface area contributed by atoms with Crippen LogP contribution in [-0.2, 0) is 0 Å². The third-order valence-electron chi connectivity index (χ3n) is 2.28. The van der Waals surface area contributed by atoms with Crippen LogP contribution in [-0.4, -0.2) is 9.91 Å². The van der Waals surface area contributed by atoms with Crippen molar-refractivity contribution in [1.29, 1.82) is 0 Å². The van der Waals surface area contributed by atoms with Crippen molar-refractivity contribution >= 4 is 55.5 Å². The Morgan fingerprint density at radius 3 is 2.59 bits per heavy atom. The maximum absolute atomic E-state index is 11.0. The molecule has 0 saturated carbocycles. The van der Waals surface area contributed by atoms with E-state index in [1.807, 2.05) is 0 Å². The summed E-state index contributed by atoms with van der Waals surface area (Å²) < 4.78 is 0.396. The van der Waals surface area contributed by atoms with Crippen molar-refractivity contribution in [2.24, 2.45) is 0 Å². The number of halogens is 2. The number of hydrogen-bond acceptors (Lipinski definition) is 5. The Kier molecular flexibility index (Phi) is 2.80. The van der Waals surface area contributed by atoms with Gasteiger partial charge < -0.3 is 11.5 Å². The van der Waals surface area contributed by atoms with E-state index in [9.17, 15) is 10.1 Å². The first kappa shape index (κ1) is 11.9. The molecule has 6 nitrogen and oxygen atoms in total. The van der Waals surface area contributed by atoms with Gasteiger partial charge in [-0.15, -0.1) is 0 Å². The minimum absolute atomic E-state index is 0.0316. The second-order valence-electron chi connectivity index (χ2n) is 3.30. The molecule has 0 saturated heterocycles. The second-order valence-corrected chi connectivity index (χ2v) is 4.54. The molecule has 0 radical (unpaired) electrons. The summed E-state index contributed by atoms with van der Waals surface area (Å²) in [6, 6.07) is 2.95. The van der Waals surface area contributed by atoms with Crippen LogP contribution < -0.4 is 11.5 Å². The molecular formula is C9H6BrClN4O2. The van der Waals surface area contributed by atoms with Gasteiger partial charge in [-0.1, -0.05) is 11.6 Å². The van der Waals surface area contributed by atoms with Gasteiger partial charge in [-0.25, -0.2) is 4.98 Å². The molecule has 0 bridgehead atoms. The number of rotatable bonds is 1. The van der Waals surface area contributed by atoms with Crippen molar-refractivity contribution in [3.63, 3.8) is 0 Å². The van der Waals surface area contributed by atoms with Gasteiger partial charge in [0.15, 0.2) is 0 Å². The van der Waals surface area contributed by atoms with E-state index >= 15 is 0 Å². The molecule has 0 unspecified atom stereocenters. The van der Waals surface area contributed by atoms with Crippen molar-refractivity contribution in [3.8, 4) is 0 Å². The molecule has 1 aromatic heterocycles. The van der Waals surface area contributed by atoms with Crippen LogP contribution in [0.25, 0.3) is 10.8 Å². The summed E-state index contributed by atoms with van der Waals surface area (Å²) >= 11 is 8.87. The molecule has 4 N–H and O–H groups in total. The van der Waals surface area contributed by atoms with Crippen LogP contribution in [0.4, 0.5) is 17.2 Å². The lowest BCUT2D eigenvalue weighted by Gasteiger charge is -2.07. The number of nitrogens with two attached hydrogens (primary N) is 2. The first-order valence-corrected chi connectivity index (χ1v) is 5.57. The molecule has 0 aliphatic rings. The van der Waals surface area contributed by atoms with Gasteiger partial charge in [-0.05, 0) is 28.1 Å². The third kappa shape index (κ3) is 1.87. The number of nitrogen functional groups attached to an aromatic ring is 2. The Hall–Kier alpha value is -1.60. The summed E-state index contributed by atoms with van der Waals surface area (Å²) in [5.41, 5.74) is 11.1. The van der Waals surface area contributed by atoms with E-state index < -0.39 is 4.92 Å². The molecule has 0 aliphatic heterocycles. The normalized spacial score (nSPS) is 10.7. The maximum Gasteiger partial charge on any atom is 0.301 e. The summed E-state index contributed by atoms with van der Waals surface area (Å²) in [7, 11) is 0. The predicted octanol–water partition coefficient (Wildman–Crippen LogP) is 2.72. The van der Waals surface area contributed by atoms with Crippen LogP contribution in [0.5, 0.6) is 0 Å². The molecule has 0 spiro atoms. The maximum atomic E-state index is 11.0. The minimum Gasteiger partial charge on any atom is -0.392 e. The highest BCUT2D eigenvalue weighted by atomic mass is 79.9. The number of nitro benzene ring substituents is 1. The van der Waals surface area contributed by atoms with E-state index in [0.717, 1.165) is 0 Å². The Bertz CT molecular complexity index is 647. The number of anilines is 2. The molecule has 0 aliphatic carbocycles. The standard InChI is InChI=1S/C9H6BrClN4O2/c10-5-1-4-3(2-6(11)14-9(4)13)8(7(5)12)15(16)17/h1-2H,12H2,(H2,13,14). The number of nitro groups is 1. The topological polar surface area (TPSA) is 108 Å². The largest absolute Gasteiger partial charge is 0.392 e. The van der Waals surface area contributed by atoms with Crippen LogP contribution >= 0.6 is 27.5 Å². The van der Waals surface area contributed by atoms with Crippen molar-refractivity contribution in [1.82, 2.24) is 4.98 Å².